The molecule has 0 aliphatic heterocycles. The van der Waals surface area contributed by atoms with Crippen LogP contribution in [0.5, 0.6) is 0 Å². The summed E-state index contributed by atoms with van der Waals surface area (Å²) in [4.78, 5) is 0. The fraction of sp³-hybridized carbons (Fsp3) is 1.00. The predicted molar refractivity (Wildman–Crippen MR) is 31.5 cm³/mol. The second-order valence-electron chi connectivity index (χ2n) is 3.86. The van der Waals surface area contributed by atoms with Gasteiger partial charge in [0, 0.05) is 17.9 Å². The summed E-state index contributed by atoms with van der Waals surface area (Å²) in [5.41, 5.74) is 5.60. The molecule has 1 nitrogen and oxygen atoms in total. The fourth-order valence-electron chi connectivity index (χ4n) is 3.15. The van der Waals surface area contributed by atoms with Gasteiger partial charge in [0.15, 0.2) is 0 Å². The Morgan fingerprint density at radius 1 is 1.40 bits per heavy atom. The fourth-order valence-corrected chi connectivity index (χ4v) is 3.15. The Balaban J connectivity index is 2.10. The molecule has 0 heterocycles. The summed E-state index contributed by atoms with van der Waals surface area (Å²) in [5, 5.41) is 0. The van der Waals surface area contributed by atoms with Gasteiger partial charge < -0.3 is 5.73 Å². The van der Waals surface area contributed by atoms with E-state index in [2.05, 4.69) is 0 Å². The second kappa shape index (κ2) is 1.13. The smallest absolute Gasteiger partial charge is 0.255 e. The lowest BCUT2D eigenvalue weighted by atomic mass is 10.1. The average Bonchev–Trinajstić information content (AvgIpc) is 2.31. The van der Waals surface area contributed by atoms with Crippen molar-refractivity contribution in [2.45, 2.75) is 18.4 Å². The molecular weight excluding hydrogens is 136 g/mol. The van der Waals surface area contributed by atoms with Crippen LogP contribution in [0.15, 0.2) is 0 Å². The molecule has 0 aromatic heterocycles. The number of hydrogen-bond donors (Lipinski definition) is 1. The highest BCUT2D eigenvalue weighted by atomic mass is 19.3. The highest BCUT2D eigenvalue weighted by molar-refractivity contribution is 5.26. The molecular formula is C7H9F2N. The van der Waals surface area contributed by atoms with Gasteiger partial charge in [-0.15, -0.1) is 0 Å². The SMILES string of the molecule is N[C@@H]1C2C3C[C@H]1C(F)(F)C32. The highest BCUT2D eigenvalue weighted by Crippen LogP contribution is 2.75. The van der Waals surface area contributed by atoms with Gasteiger partial charge in [0.1, 0.15) is 0 Å². The zero-order chi connectivity index (χ0) is 7.09. The lowest BCUT2D eigenvalue weighted by molar-refractivity contribution is -0.0400. The number of hydrogen-bond acceptors (Lipinski definition) is 1. The molecule has 4 aliphatic carbocycles. The Kier molecular flexibility index (Phi) is 0.619. The van der Waals surface area contributed by atoms with Gasteiger partial charge in [-0.2, -0.15) is 0 Å². The molecule has 2 N–H and O–H groups in total. The molecule has 0 radical (unpaired) electrons. The lowest BCUT2D eigenvalue weighted by Crippen LogP contribution is -2.32. The Morgan fingerprint density at radius 3 is 2.20 bits per heavy atom. The number of alkyl halides is 2. The largest absolute Gasteiger partial charge is 0.327 e. The third-order valence-corrected chi connectivity index (χ3v) is 3.60. The predicted octanol–water partition coefficient (Wildman–Crippen LogP) is 0.845. The van der Waals surface area contributed by atoms with Crippen molar-refractivity contribution in [3.63, 3.8) is 0 Å². The van der Waals surface area contributed by atoms with E-state index in [1.54, 1.807) is 0 Å². The first kappa shape index (κ1) is 5.47. The van der Waals surface area contributed by atoms with Crippen molar-refractivity contribution >= 4 is 0 Å². The molecule has 4 aliphatic rings. The third-order valence-electron chi connectivity index (χ3n) is 3.60. The van der Waals surface area contributed by atoms with Crippen molar-refractivity contribution in [1.29, 1.82) is 0 Å². The molecule has 4 bridgehead atoms. The minimum Gasteiger partial charge on any atom is -0.327 e. The Hall–Kier alpha value is -0.180. The lowest BCUT2D eigenvalue weighted by Gasteiger charge is -2.15. The number of nitrogens with two attached hydrogens (primary N) is 1. The molecule has 0 amide bonds. The summed E-state index contributed by atoms with van der Waals surface area (Å²) in [5.74, 6) is -2.68. The Morgan fingerprint density at radius 2 is 2.10 bits per heavy atom. The van der Waals surface area contributed by atoms with Gasteiger partial charge in [-0.1, -0.05) is 0 Å². The van der Waals surface area contributed by atoms with E-state index in [-0.39, 0.29) is 17.9 Å². The maximum absolute atomic E-state index is 13.0. The van der Waals surface area contributed by atoms with Gasteiger partial charge in [-0.3, -0.25) is 0 Å². The number of rotatable bonds is 0. The third kappa shape index (κ3) is 0.318. The highest BCUT2D eigenvalue weighted by Gasteiger charge is 2.81. The Bertz CT molecular complexity index is 204. The maximum atomic E-state index is 13.0. The summed E-state index contributed by atoms with van der Waals surface area (Å²) in [7, 11) is 0. The van der Waals surface area contributed by atoms with Crippen LogP contribution >= 0.6 is 0 Å². The van der Waals surface area contributed by atoms with Gasteiger partial charge in [-0.25, -0.2) is 8.78 Å². The van der Waals surface area contributed by atoms with Crippen LogP contribution in [0.25, 0.3) is 0 Å². The first-order valence-electron chi connectivity index (χ1n) is 3.77. The van der Waals surface area contributed by atoms with Crippen LogP contribution in [-0.4, -0.2) is 12.0 Å². The molecule has 5 atom stereocenters. The van der Waals surface area contributed by atoms with Crippen LogP contribution in [-0.2, 0) is 0 Å². The van der Waals surface area contributed by atoms with Crippen LogP contribution in [0.3, 0.4) is 0 Å². The molecule has 0 saturated heterocycles. The van der Waals surface area contributed by atoms with Crippen LogP contribution in [0.4, 0.5) is 8.78 Å². The molecule has 4 fully saturated rings. The molecule has 0 aromatic carbocycles. The minimum absolute atomic E-state index is 0.176. The average molecular weight is 145 g/mol. The van der Waals surface area contributed by atoms with Crippen molar-refractivity contribution in [2.24, 2.45) is 29.4 Å². The van der Waals surface area contributed by atoms with E-state index in [1.165, 1.54) is 0 Å². The topological polar surface area (TPSA) is 26.0 Å². The van der Waals surface area contributed by atoms with Gasteiger partial charge in [-0.05, 0) is 18.3 Å². The molecule has 4 saturated carbocycles. The monoisotopic (exact) mass is 145 g/mol. The summed E-state index contributed by atoms with van der Waals surface area (Å²) < 4.78 is 26.0. The maximum Gasteiger partial charge on any atom is 0.255 e. The van der Waals surface area contributed by atoms with E-state index in [0.29, 0.717) is 12.3 Å². The van der Waals surface area contributed by atoms with Crippen LogP contribution in [0.1, 0.15) is 6.42 Å². The van der Waals surface area contributed by atoms with Crippen molar-refractivity contribution in [3.8, 4) is 0 Å². The molecule has 3 unspecified atom stereocenters. The Labute approximate surface area is 57.6 Å². The standard InChI is InChI=1S/C7H9F2N/c8-7(9)3-1-2-4(5(2)7)6(3)10/h2-6H,1,10H2/t2?,3-,4?,5?,6+/m1/s1. The van der Waals surface area contributed by atoms with E-state index in [4.69, 9.17) is 5.73 Å². The normalized spacial score (nSPS) is 66.9. The van der Waals surface area contributed by atoms with Crippen molar-refractivity contribution < 1.29 is 8.78 Å². The van der Waals surface area contributed by atoms with Gasteiger partial charge >= 0.3 is 0 Å². The minimum atomic E-state index is -2.39. The van der Waals surface area contributed by atoms with E-state index < -0.39 is 11.8 Å². The molecule has 4 rings (SSSR count). The first-order valence-corrected chi connectivity index (χ1v) is 3.77. The van der Waals surface area contributed by atoms with Gasteiger partial charge in [0.25, 0.3) is 5.92 Å². The molecule has 56 valence electrons. The van der Waals surface area contributed by atoms with Crippen molar-refractivity contribution in [3.05, 3.63) is 0 Å². The molecule has 3 heteroatoms. The first-order chi connectivity index (χ1) is 4.64. The van der Waals surface area contributed by atoms with Crippen LogP contribution in [0.2, 0.25) is 0 Å². The van der Waals surface area contributed by atoms with E-state index in [0.717, 1.165) is 0 Å². The summed E-state index contributed by atoms with van der Waals surface area (Å²) in [6.07, 6.45) is 0.698. The quantitative estimate of drug-likeness (QED) is 0.537. The second-order valence-corrected chi connectivity index (χ2v) is 3.86. The van der Waals surface area contributed by atoms with Crippen molar-refractivity contribution in [1.82, 2.24) is 0 Å². The van der Waals surface area contributed by atoms with Gasteiger partial charge in [0.05, 0.1) is 0 Å². The van der Waals surface area contributed by atoms with E-state index in [9.17, 15) is 8.78 Å². The molecule has 10 heavy (non-hydrogen) atoms. The molecule has 0 aromatic rings. The summed E-state index contributed by atoms with van der Waals surface area (Å²) >= 11 is 0. The summed E-state index contributed by atoms with van der Waals surface area (Å²) in [6.45, 7) is 0. The van der Waals surface area contributed by atoms with E-state index >= 15 is 0 Å². The molecule has 0 spiro atoms. The van der Waals surface area contributed by atoms with Crippen molar-refractivity contribution in [2.75, 3.05) is 0 Å². The zero-order valence-electron chi connectivity index (χ0n) is 5.43. The van der Waals surface area contributed by atoms with Crippen LogP contribution < -0.4 is 5.73 Å². The van der Waals surface area contributed by atoms with Gasteiger partial charge in [0.2, 0.25) is 0 Å². The zero-order valence-corrected chi connectivity index (χ0v) is 5.43. The van der Waals surface area contributed by atoms with E-state index in [1.807, 2.05) is 0 Å². The number of halogens is 2. The van der Waals surface area contributed by atoms with Crippen LogP contribution in [0, 0.1) is 23.7 Å². The summed E-state index contributed by atoms with van der Waals surface area (Å²) in [6, 6.07) is -0.176.